The molecule has 3 rings (SSSR count). The lowest BCUT2D eigenvalue weighted by Gasteiger charge is -2.32. The van der Waals surface area contributed by atoms with Crippen molar-refractivity contribution in [1.29, 1.82) is 5.26 Å². The van der Waals surface area contributed by atoms with Gasteiger partial charge < -0.3 is 19.3 Å². The number of rotatable bonds is 2. The summed E-state index contributed by atoms with van der Waals surface area (Å²) in [5.74, 6) is 0. The highest BCUT2D eigenvalue weighted by Crippen LogP contribution is 2.36. The van der Waals surface area contributed by atoms with Crippen LogP contribution in [0.25, 0.3) is 0 Å². The number of nitrogens with zero attached hydrogens (tertiary/aromatic N) is 2. The van der Waals surface area contributed by atoms with Crippen molar-refractivity contribution in [3.63, 3.8) is 0 Å². The minimum absolute atomic E-state index is 0.315. The van der Waals surface area contributed by atoms with Crippen molar-refractivity contribution >= 4 is 18.3 Å². The summed E-state index contributed by atoms with van der Waals surface area (Å²) in [7, 11) is -0.467. The van der Waals surface area contributed by atoms with Crippen LogP contribution in [0.3, 0.4) is 0 Å². The Balaban J connectivity index is 1.88. The first-order valence-electron chi connectivity index (χ1n) is 8.06. The molecule has 0 radical (unpaired) electrons. The molecule has 1 atom stereocenters. The first kappa shape index (κ1) is 16.3. The summed E-state index contributed by atoms with van der Waals surface area (Å²) in [5.41, 5.74) is 1.50. The molecule has 2 heterocycles. The van der Waals surface area contributed by atoms with E-state index < -0.39 is 18.3 Å². The van der Waals surface area contributed by atoms with Gasteiger partial charge in [0.15, 0.2) is 0 Å². The van der Waals surface area contributed by atoms with Crippen molar-refractivity contribution in [3.05, 3.63) is 23.8 Å². The number of hydrogen-bond acceptors (Lipinski definition) is 5. The van der Waals surface area contributed by atoms with E-state index in [2.05, 4.69) is 11.0 Å². The van der Waals surface area contributed by atoms with Crippen LogP contribution in [0.15, 0.2) is 18.2 Å². The zero-order valence-electron chi connectivity index (χ0n) is 14.2. The van der Waals surface area contributed by atoms with Gasteiger partial charge in [-0.2, -0.15) is 5.26 Å². The molecule has 1 unspecified atom stereocenters. The predicted octanol–water partition coefficient (Wildman–Crippen LogP) is 1.43. The summed E-state index contributed by atoms with van der Waals surface area (Å²) >= 11 is 0. The smallest absolute Gasteiger partial charge is 0.399 e. The topological polar surface area (TPSA) is 65.7 Å². The Bertz CT molecular complexity index is 638. The van der Waals surface area contributed by atoms with E-state index in [9.17, 15) is 10.4 Å². The number of benzene rings is 1. The van der Waals surface area contributed by atoms with E-state index in [1.165, 1.54) is 0 Å². The summed E-state index contributed by atoms with van der Waals surface area (Å²) in [4.78, 5) is 2.05. The van der Waals surface area contributed by atoms with Crippen LogP contribution in [0.5, 0.6) is 0 Å². The Kier molecular flexibility index (Phi) is 3.92. The van der Waals surface area contributed by atoms with Gasteiger partial charge in [-0.05, 0) is 51.7 Å². The van der Waals surface area contributed by atoms with Crippen LogP contribution in [0.1, 0.15) is 39.7 Å². The highest BCUT2D eigenvalue weighted by Gasteiger charge is 2.51. The van der Waals surface area contributed by atoms with Crippen molar-refractivity contribution in [2.24, 2.45) is 0 Å². The largest absolute Gasteiger partial charge is 0.494 e. The fourth-order valence-electron chi connectivity index (χ4n) is 3.01. The Morgan fingerprint density at radius 3 is 2.43 bits per heavy atom. The fourth-order valence-corrected chi connectivity index (χ4v) is 3.01. The summed E-state index contributed by atoms with van der Waals surface area (Å²) in [6.45, 7) is 9.39. The quantitative estimate of drug-likeness (QED) is 0.837. The molecular weight excluding hydrogens is 291 g/mol. The Hall–Kier alpha value is -1.55. The summed E-state index contributed by atoms with van der Waals surface area (Å²) in [5, 5.41) is 19.2. The minimum Gasteiger partial charge on any atom is -0.399 e. The molecule has 0 bridgehead atoms. The van der Waals surface area contributed by atoms with Gasteiger partial charge in [-0.25, -0.2) is 0 Å². The Morgan fingerprint density at radius 2 is 1.91 bits per heavy atom. The highest BCUT2D eigenvalue weighted by atomic mass is 16.7. The molecule has 6 heteroatoms. The summed E-state index contributed by atoms with van der Waals surface area (Å²) in [6, 6.07) is 7.97. The number of nitriles is 1. The van der Waals surface area contributed by atoms with Crippen molar-refractivity contribution in [3.8, 4) is 6.07 Å². The van der Waals surface area contributed by atoms with Gasteiger partial charge in [0, 0.05) is 13.1 Å². The SMILES string of the molecule is CC1(C)OB(c2ccc(N3CCC(O)C3)c(C#N)c2)OC1(C)C. The van der Waals surface area contributed by atoms with Crippen molar-refractivity contribution in [2.75, 3.05) is 18.0 Å². The van der Waals surface area contributed by atoms with Crippen LogP contribution in [-0.4, -0.2) is 42.6 Å². The second-order valence-electron chi connectivity index (χ2n) is 7.37. The third kappa shape index (κ3) is 2.85. The first-order valence-corrected chi connectivity index (χ1v) is 8.06. The fraction of sp³-hybridized carbons (Fsp3) is 0.588. The highest BCUT2D eigenvalue weighted by molar-refractivity contribution is 6.62. The maximum absolute atomic E-state index is 9.70. The maximum Gasteiger partial charge on any atom is 0.494 e. The monoisotopic (exact) mass is 314 g/mol. The lowest BCUT2D eigenvalue weighted by Crippen LogP contribution is -2.41. The van der Waals surface area contributed by atoms with E-state index in [0.717, 1.165) is 24.1 Å². The van der Waals surface area contributed by atoms with Crippen LogP contribution < -0.4 is 10.4 Å². The van der Waals surface area contributed by atoms with Gasteiger partial charge in [0.25, 0.3) is 0 Å². The lowest BCUT2D eigenvalue weighted by molar-refractivity contribution is 0.00578. The molecule has 2 aliphatic heterocycles. The van der Waals surface area contributed by atoms with Crippen LogP contribution in [0, 0.1) is 11.3 Å². The van der Waals surface area contributed by atoms with Gasteiger partial charge >= 0.3 is 7.12 Å². The number of anilines is 1. The Morgan fingerprint density at radius 1 is 1.26 bits per heavy atom. The molecule has 5 nitrogen and oxygen atoms in total. The third-order valence-electron chi connectivity index (χ3n) is 5.17. The second kappa shape index (κ2) is 5.52. The van der Waals surface area contributed by atoms with Crippen molar-refractivity contribution in [2.45, 2.75) is 51.4 Å². The molecule has 2 aliphatic rings. The van der Waals surface area contributed by atoms with Crippen LogP contribution in [0.2, 0.25) is 0 Å². The molecule has 0 saturated carbocycles. The number of hydrogen-bond donors (Lipinski definition) is 1. The molecule has 0 aromatic heterocycles. The molecule has 1 aromatic rings. The van der Waals surface area contributed by atoms with Crippen molar-refractivity contribution < 1.29 is 14.4 Å². The molecule has 2 fully saturated rings. The van der Waals surface area contributed by atoms with Gasteiger partial charge in [-0.3, -0.25) is 0 Å². The van der Waals surface area contributed by atoms with Gasteiger partial charge in [-0.15, -0.1) is 0 Å². The molecule has 0 amide bonds. The van der Waals surface area contributed by atoms with Gasteiger partial charge in [-0.1, -0.05) is 6.07 Å². The van der Waals surface area contributed by atoms with Gasteiger partial charge in [0.05, 0.1) is 28.6 Å². The number of aliphatic hydroxyl groups is 1. The molecule has 2 saturated heterocycles. The zero-order chi connectivity index (χ0) is 16.8. The third-order valence-corrected chi connectivity index (χ3v) is 5.17. The van der Waals surface area contributed by atoms with Crippen LogP contribution >= 0.6 is 0 Å². The summed E-state index contributed by atoms with van der Waals surface area (Å²) < 4.78 is 12.1. The first-order chi connectivity index (χ1) is 10.7. The van der Waals surface area contributed by atoms with Crippen LogP contribution in [0.4, 0.5) is 5.69 Å². The molecule has 0 spiro atoms. The molecule has 1 N–H and O–H groups in total. The molecule has 122 valence electrons. The predicted molar refractivity (Wildman–Crippen MR) is 89.7 cm³/mol. The lowest BCUT2D eigenvalue weighted by atomic mass is 9.78. The average Bonchev–Trinajstić information content (AvgIpc) is 2.99. The molecule has 0 aliphatic carbocycles. The van der Waals surface area contributed by atoms with Gasteiger partial charge in [0.2, 0.25) is 0 Å². The van der Waals surface area contributed by atoms with E-state index in [1.807, 2.05) is 45.9 Å². The number of aliphatic hydroxyl groups excluding tert-OH is 1. The van der Waals surface area contributed by atoms with Gasteiger partial charge in [0.1, 0.15) is 6.07 Å². The van der Waals surface area contributed by atoms with E-state index >= 15 is 0 Å². The minimum atomic E-state index is -0.467. The molecule has 23 heavy (non-hydrogen) atoms. The van der Waals surface area contributed by atoms with Crippen LogP contribution in [-0.2, 0) is 9.31 Å². The Labute approximate surface area is 138 Å². The van der Waals surface area contributed by atoms with Crippen molar-refractivity contribution in [1.82, 2.24) is 0 Å². The van der Waals surface area contributed by atoms with E-state index in [0.29, 0.717) is 12.1 Å². The second-order valence-corrected chi connectivity index (χ2v) is 7.37. The molecular formula is C17H23BN2O3. The maximum atomic E-state index is 9.70. The number of β-amino-alcohol motifs (C(OH)–C–C–N with tert-alkyl or cyclic N) is 1. The van der Waals surface area contributed by atoms with E-state index in [1.54, 1.807) is 0 Å². The summed E-state index contributed by atoms with van der Waals surface area (Å²) in [6.07, 6.45) is 0.424. The zero-order valence-corrected chi connectivity index (χ0v) is 14.2. The average molecular weight is 314 g/mol. The van der Waals surface area contributed by atoms with E-state index in [-0.39, 0.29) is 6.10 Å². The normalized spacial score (nSPS) is 25.7. The molecule has 1 aromatic carbocycles. The standard InChI is InChI=1S/C17H23BN2O3/c1-16(2)17(3,4)23-18(22-16)13-5-6-15(12(9-13)10-19)20-8-7-14(21)11-20/h5-6,9,14,21H,7-8,11H2,1-4H3. The van der Waals surface area contributed by atoms with E-state index in [4.69, 9.17) is 9.31 Å².